The van der Waals surface area contributed by atoms with E-state index in [1.165, 1.54) is 25.9 Å². The lowest BCUT2D eigenvalue weighted by Gasteiger charge is -2.17. The first-order valence-electron chi connectivity index (χ1n) is 9.85. The molecule has 1 aromatic carbocycles. The molecule has 0 bridgehead atoms. The second kappa shape index (κ2) is 7.31. The van der Waals surface area contributed by atoms with E-state index in [1.807, 2.05) is 25.1 Å². The summed E-state index contributed by atoms with van der Waals surface area (Å²) in [5.41, 5.74) is 3.19. The molecule has 3 heterocycles. The molecule has 5 rings (SSSR count). The van der Waals surface area contributed by atoms with Gasteiger partial charge in [0.1, 0.15) is 17.7 Å². The number of halogens is 1. The molecule has 1 N–H and O–H groups in total. The molecule has 9 heteroatoms. The molecule has 0 spiro atoms. The first kappa shape index (κ1) is 19.4. The molecule has 154 valence electrons. The van der Waals surface area contributed by atoms with Crippen LogP contribution in [0.5, 0.6) is 0 Å². The van der Waals surface area contributed by atoms with Gasteiger partial charge in [0, 0.05) is 15.0 Å². The van der Waals surface area contributed by atoms with Crippen molar-refractivity contribution >= 4 is 54.7 Å². The van der Waals surface area contributed by atoms with E-state index in [0.717, 1.165) is 39.5 Å². The lowest BCUT2D eigenvalue weighted by molar-refractivity contribution is -0.117. The largest absolute Gasteiger partial charge is 0.352 e. The number of aromatic nitrogens is 4. The molecule has 1 aliphatic carbocycles. The van der Waals surface area contributed by atoms with Crippen LogP contribution in [-0.2, 0) is 24.2 Å². The summed E-state index contributed by atoms with van der Waals surface area (Å²) in [6.07, 6.45) is 4.66. The number of anilines is 1. The molecule has 0 fully saturated rings. The highest BCUT2D eigenvalue weighted by atomic mass is 79.9. The van der Waals surface area contributed by atoms with E-state index >= 15 is 0 Å². The second-order valence-corrected chi connectivity index (χ2v) is 9.86. The number of carbonyl (C=O) groups is 1. The summed E-state index contributed by atoms with van der Waals surface area (Å²) in [5.74, 6) is 0.361. The minimum Gasteiger partial charge on any atom is -0.324 e. The Morgan fingerprint density at radius 3 is 3.03 bits per heavy atom. The third kappa shape index (κ3) is 3.26. The van der Waals surface area contributed by atoms with Crippen molar-refractivity contribution in [1.82, 2.24) is 19.2 Å². The number of aryl methyl sites for hydroxylation is 2. The number of nitrogens with one attached hydrogen (secondary N) is 1. The second-order valence-electron chi connectivity index (χ2n) is 7.92. The van der Waals surface area contributed by atoms with Crippen LogP contribution in [0.15, 0.2) is 33.8 Å². The molecular formula is C21H20BrN5O2S. The Labute approximate surface area is 184 Å². The Bertz CT molecular complexity index is 1370. The molecule has 0 saturated heterocycles. The van der Waals surface area contributed by atoms with E-state index in [2.05, 4.69) is 38.3 Å². The summed E-state index contributed by atoms with van der Waals surface area (Å²) in [6.45, 7) is 4.06. The maximum atomic E-state index is 12.8. The molecule has 1 amide bonds. The Morgan fingerprint density at radius 1 is 1.40 bits per heavy atom. The van der Waals surface area contributed by atoms with Gasteiger partial charge in [-0.15, -0.1) is 16.4 Å². The molecule has 1 aliphatic rings. The fourth-order valence-corrected chi connectivity index (χ4v) is 5.62. The van der Waals surface area contributed by atoms with E-state index < -0.39 is 0 Å². The number of thiophene rings is 1. The van der Waals surface area contributed by atoms with Crippen LogP contribution in [0.25, 0.3) is 15.9 Å². The Balaban J connectivity index is 1.50. The van der Waals surface area contributed by atoms with E-state index in [0.29, 0.717) is 17.3 Å². The Hall–Kier alpha value is -2.52. The van der Waals surface area contributed by atoms with E-state index in [4.69, 9.17) is 0 Å². The molecule has 1 atom stereocenters. The molecular weight excluding hydrogens is 466 g/mol. The number of carbonyl (C=O) groups excluding carboxylic acids is 1. The quantitative estimate of drug-likeness (QED) is 0.476. The summed E-state index contributed by atoms with van der Waals surface area (Å²) in [4.78, 5) is 32.1. The van der Waals surface area contributed by atoms with Gasteiger partial charge in [0.2, 0.25) is 5.91 Å². The first-order chi connectivity index (χ1) is 14.4. The minimum atomic E-state index is -0.356. The third-order valence-electron chi connectivity index (χ3n) is 5.61. The number of nitrogens with zero attached hydrogens (tertiary/aromatic N) is 4. The topological polar surface area (TPSA) is 81.3 Å². The Kier molecular flexibility index (Phi) is 4.74. The number of hydrogen-bond acceptors (Lipinski definition) is 5. The van der Waals surface area contributed by atoms with Gasteiger partial charge in [-0.1, -0.05) is 22.9 Å². The standard InChI is InChI=1S/C21H20BrN5O2S/c1-11-3-5-14-16(7-11)30-20-18(14)19-25-27(21(29)26(19)10-23-20)9-17(28)24-13-4-6-15(22)12(2)8-13/h4,6,8,10-11H,3,5,7,9H2,1-2H3,(H,24,28)/t11-/m1/s1. The van der Waals surface area contributed by atoms with E-state index in [-0.39, 0.29) is 18.1 Å². The molecule has 0 aliphatic heterocycles. The highest BCUT2D eigenvalue weighted by Gasteiger charge is 2.24. The normalized spacial score (nSPS) is 16.2. The number of benzene rings is 1. The van der Waals surface area contributed by atoms with Gasteiger partial charge in [-0.3, -0.25) is 4.79 Å². The van der Waals surface area contributed by atoms with Crippen LogP contribution in [0.4, 0.5) is 5.69 Å². The molecule has 0 saturated carbocycles. The highest BCUT2D eigenvalue weighted by molar-refractivity contribution is 9.10. The monoisotopic (exact) mass is 485 g/mol. The average Bonchev–Trinajstić information content (AvgIpc) is 3.22. The predicted molar refractivity (Wildman–Crippen MR) is 121 cm³/mol. The summed E-state index contributed by atoms with van der Waals surface area (Å²) in [5, 5.41) is 8.32. The summed E-state index contributed by atoms with van der Waals surface area (Å²) in [7, 11) is 0. The molecule has 30 heavy (non-hydrogen) atoms. The summed E-state index contributed by atoms with van der Waals surface area (Å²) >= 11 is 5.14. The highest BCUT2D eigenvalue weighted by Crippen LogP contribution is 2.38. The molecule has 0 radical (unpaired) electrons. The van der Waals surface area contributed by atoms with Crippen molar-refractivity contribution in [3.63, 3.8) is 0 Å². The van der Waals surface area contributed by atoms with Gasteiger partial charge in [0.05, 0.1) is 5.39 Å². The van der Waals surface area contributed by atoms with Gasteiger partial charge in [-0.25, -0.2) is 18.9 Å². The first-order valence-corrected chi connectivity index (χ1v) is 11.5. The number of amides is 1. The summed E-state index contributed by atoms with van der Waals surface area (Å²) in [6, 6.07) is 5.57. The van der Waals surface area contributed by atoms with Gasteiger partial charge in [-0.05, 0) is 61.4 Å². The van der Waals surface area contributed by atoms with Crippen LogP contribution in [0, 0.1) is 12.8 Å². The van der Waals surface area contributed by atoms with Crippen LogP contribution in [-0.4, -0.2) is 25.1 Å². The fraction of sp³-hybridized carbons (Fsp3) is 0.333. The molecule has 3 aromatic heterocycles. The van der Waals surface area contributed by atoms with Crippen LogP contribution < -0.4 is 11.0 Å². The van der Waals surface area contributed by atoms with E-state index in [1.54, 1.807) is 11.3 Å². The zero-order valence-corrected chi connectivity index (χ0v) is 19.0. The van der Waals surface area contributed by atoms with Crippen molar-refractivity contribution in [2.24, 2.45) is 5.92 Å². The van der Waals surface area contributed by atoms with Crippen LogP contribution in [0.3, 0.4) is 0 Å². The van der Waals surface area contributed by atoms with Crippen LogP contribution >= 0.6 is 27.3 Å². The van der Waals surface area contributed by atoms with Crippen molar-refractivity contribution in [2.45, 2.75) is 39.7 Å². The summed E-state index contributed by atoms with van der Waals surface area (Å²) < 4.78 is 3.64. The minimum absolute atomic E-state index is 0.152. The smallest absolute Gasteiger partial charge is 0.324 e. The van der Waals surface area contributed by atoms with Crippen molar-refractivity contribution in [2.75, 3.05) is 5.32 Å². The van der Waals surface area contributed by atoms with Crippen LogP contribution in [0.1, 0.15) is 29.3 Å². The van der Waals surface area contributed by atoms with Crippen molar-refractivity contribution in [3.05, 3.63) is 55.5 Å². The molecule has 4 aromatic rings. The van der Waals surface area contributed by atoms with Gasteiger partial charge in [0.15, 0.2) is 5.65 Å². The lowest BCUT2D eigenvalue weighted by atomic mass is 9.89. The van der Waals surface area contributed by atoms with Gasteiger partial charge < -0.3 is 5.32 Å². The van der Waals surface area contributed by atoms with Gasteiger partial charge in [-0.2, -0.15) is 0 Å². The zero-order chi connectivity index (χ0) is 21.0. The Morgan fingerprint density at radius 2 is 2.23 bits per heavy atom. The van der Waals surface area contributed by atoms with Crippen LogP contribution in [0.2, 0.25) is 0 Å². The predicted octanol–water partition coefficient (Wildman–Crippen LogP) is 3.94. The van der Waals surface area contributed by atoms with Crippen molar-refractivity contribution in [3.8, 4) is 0 Å². The maximum Gasteiger partial charge on any atom is 0.352 e. The maximum absolute atomic E-state index is 12.8. The molecule has 7 nitrogen and oxygen atoms in total. The number of fused-ring (bicyclic) bond motifs is 5. The lowest BCUT2D eigenvalue weighted by Crippen LogP contribution is -2.28. The third-order valence-corrected chi connectivity index (χ3v) is 7.66. The average molecular weight is 486 g/mol. The SMILES string of the molecule is Cc1cc(NC(=O)Cn2nc3c4c5c(sc4ncn3c2=O)C[C@H](C)CC5)ccc1Br. The fourth-order valence-electron chi connectivity index (χ4n) is 4.02. The molecule has 0 unspecified atom stereocenters. The van der Waals surface area contributed by atoms with Crippen molar-refractivity contribution in [1.29, 1.82) is 0 Å². The number of rotatable bonds is 3. The van der Waals surface area contributed by atoms with E-state index in [9.17, 15) is 9.59 Å². The van der Waals surface area contributed by atoms with Crippen molar-refractivity contribution < 1.29 is 4.79 Å². The van der Waals surface area contributed by atoms with Gasteiger partial charge in [0.25, 0.3) is 0 Å². The zero-order valence-electron chi connectivity index (χ0n) is 16.6. The van der Waals surface area contributed by atoms with Gasteiger partial charge >= 0.3 is 5.69 Å². The number of hydrogen-bond donors (Lipinski definition) is 1.